The Labute approximate surface area is 92.5 Å². The maximum absolute atomic E-state index is 10.2. The van der Waals surface area contributed by atoms with E-state index < -0.39 is 0 Å². The lowest BCUT2D eigenvalue weighted by atomic mass is 9.61. The van der Waals surface area contributed by atoms with E-state index in [-0.39, 0.29) is 5.41 Å². The maximum Gasteiger partial charge on any atom is 0.234 e. The van der Waals surface area contributed by atoms with Gasteiger partial charge in [0.2, 0.25) is 6.08 Å². The van der Waals surface area contributed by atoms with Crippen LogP contribution in [0.3, 0.4) is 0 Å². The van der Waals surface area contributed by atoms with Crippen molar-refractivity contribution in [2.75, 3.05) is 6.54 Å². The smallest absolute Gasteiger partial charge is 0.211 e. The molecule has 2 atom stereocenters. The molecule has 2 heteroatoms. The molecule has 0 aromatic heterocycles. The average Bonchev–Trinajstić information content (AvgIpc) is 2.12. The van der Waals surface area contributed by atoms with Crippen molar-refractivity contribution in [3.8, 4) is 0 Å². The van der Waals surface area contributed by atoms with Crippen molar-refractivity contribution in [3.05, 3.63) is 12.7 Å². The number of hydrogen-bond acceptors (Lipinski definition) is 2. The van der Waals surface area contributed by atoms with E-state index in [1.165, 1.54) is 6.42 Å². The minimum Gasteiger partial charge on any atom is -0.211 e. The van der Waals surface area contributed by atoms with Gasteiger partial charge in [-0.05, 0) is 36.0 Å². The zero-order valence-electron chi connectivity index (χ0n) is 10.0. The summed E-state index contributed by atoms with van der Waals surface area (Å²) in [6, 6.07) is 0. The first kappa shape index (κ1) is 12.2. The van der Waals surface area contributed by atoms with E-state index in [9.17, 15) is 4.79 Å². The van der Waals surface area contributed by atoms with Gasteiger partial charge in [0.1, 0.15) is 0 Å². The standard InChI is InChI=1S/C13H21NO/c1-5-11-6-12(2,3)8-13(4,7-11)9-14-10-15/h5,11H,1,6-9H2,2-4H3. The van der Waals surface area contributed by atoms with Crippen LogP contribution in [0.4, 0.5) is 0 Å². The molecular formula is C13H21NO. The predicted octanol–water partition coefficient (Wildman–Crippen LogP) is 3.34. The van der Waals surface area contributed by atoms with Crippen LogP contribution in [-0.4, -0.2) is 12.6 Å². The summed E-state index contributed by atoms with van der Waals surface area (Å²) in [5.74, 6) is 0.556. The van der Waals surface area contributed by atoms with Crippen LogP contribution in [0.5, 0.6) is 0 Å². The molecule has 1 rings (SSSR count). The van der Waals surface area contributed by atoms with E-state index in [1.54, 1.807) is 6.08 Å². The largest absolute Gasteiger partial charge is 0.234 e. The highest BCUT2D eigenvalue weighted by Gasteiger charge is 2.40. The van der Waals surface area contributed by atoms with Gasteiger partial charge in [-0.15, -0.1) is 6.58 Å². The van der Waals surface area contributed by atoms with Gasteiger partial charge >= 0.3 is 0 Å². The average molecular weight is 207 g/mol. The molecule has 2 unspecified atom stereocenters. The molecule has 1 fully saturated rings. The Hall–Kier alpha value is -0.880. The summed E-state index contributed by atoms with van der Waals surface area (Å²) in [6.07, 6.45) is 7.10. The Kier molecular flexibility index (Phi) is 3.51. The molecule has 2 nitrogen and oxygen atoms in total. The molecule has 0 aromatic rings. The summed E-state index contributed by atoms with van der Waals surface area (Å²) in [4.78, 5) is 14.0. The van der Waals surface area contributed by atoms with Crippen molar-refractivity contribution in [1.82, 2.24) is 0 Å². The third-order valence-electron chi connectivity index (χ3n) is 3.33. The Morgan fingerprint density at radius 3 is 2.67 bits per heavy atom. The molecule has 15 heavy (non-hydrogen) atoms. The van der Waals surface area contributed by atoms with Crippen LogP contribution >= 0.6 is 0 Å². The highest BCUT2D eigenvalue weighted by Crippen LogP contribution is 2.48. The van der Waals surface area contributed by atoms with Crippen molar-refractivity contribution in [1.29, 1.82) is 0 Å². The van der Waals surface area contributed by atoms with E-state index in [0.29, 0.717) is 17.9 Å². The summed E-state index contributed by atoms with van der Waals surface area (Å²) in [6.45, 7) is 11.3. The molecule has 0 spiro atoms. The van der Waals surface area contributed by atoms with E-state index in [2.05, 4.69) is 32.3 Å². The van der Waals surface area contributed by atoms with Crippen LogP contribution in [0.15, 0.2) is 17.6 Å². The molecule has 0 aromatic carbocycles. The zero-order chi connectivity index (χ0) is 11.5. The van der Waals surface area contributed by atoms with Gasteiger partial charge in [0.15, 0.2) is 0 Å². The van der Waals surface area contributed by atoms with Crippen molar-refractivity contribution >= 4 is 6.08 Å². The van der Waals surface area contributed by atoms with E-state index in [1.807, 2.05) is 6.08 Å². The highest BCUT2D eigenvalue weighted by atomic mass is 16.1. The van der Waals surface area contributed by atoms with Crippen LogP contribution in [0.1, 0.15) is 40.0 Å². The second-order valence-corrected chi connectivity index (χ2v) is 5.96. The summed E-state index contributed by atoms with van der Waals surface area (Å²) in [5.41, 5.74) is 0.461. The lowest BCUT2D eigenvalue weighted by molar-refractivity contribution is 0.0785. The first-order chi connectivity index (χ1) is 6.91. The number of rotatable bonds is 3. The minimum atomic E-state index is 0.137. The SMILES string of the molecule is C=CC1CC(C)(C)CC(C)(CN=C=O)C1. The molecular weight excluding hydrogens is 186 g/mol. The number of isocyanates is 1. The monoisotopic (exact) mass is 207 g/mol. The fraction of sp³-hybridized carbons (Fsp3) is 0.769. The summed E-state index contributed by atoms with van der Waals surface area (Å²) >= 11 is 0. The molecule has 0 radical (unpaired) electrons. The van der Waals surface area contributed by atoms with Crippen LogP contribution in [0, 0.1) is 16.7 Å². The zero-order valence-corrected chi connectivity index (χ0v) is 10.0. The quantitative estimate of drug-likeness (QED) is 0.396. The fourth-order valence-corrected chi connectivity index (χ4v) is 3.22. The van der Waals surface area contributed by atoms with Crippen molar-refractivity contribution in [2.45, 2.75) is 40.0 Å². The Balaban J connectivity index is 2.80. The number of nitrogens with zero attached hydrogens (tertiary/aromatic N) is 1. The van der Waals surface area contributed by atoms with Crippen LogP contribution in [0.2, 0.25) is 0 Å². The topological polar surface area (TPSA) is 29.4 Å². The molecule has 0 N–H and O–H groups in total. The number of allylic oxidation sites excluding steroid dienone is 1. The van der Waals surface area contributed by atoms with Gasteiger partial charge in [-0.3, -0.25) is 0 Å². The van der Waals surface area contributed by atoms with Gasteiger partial charge in [-0.1, -0.05) is 26.8 Å². The molecule has 84 valence electrons. The second-order valence-electron chi connectivity index (χ2n) is 5.96. The van der Waals surface area contributed by atoms with Gasteiger partial charge in [-0.25, -0.2) is 9.79 Å². The first-order valence-corrected chi connectivity index (χ1v) is 5.57. The van der Waals surface area contributed by atoms with Gasteiger partial charge in [0.25, 0.3) is 0 Å². The lowest BCUT2D eigenvalue weighted by Crippen LogP contribution is -2.37. The molecule has 1 aliphatic carbocycles. The van der Waals surface area contributed by atoms with Gasteiger partial charge in [0, 0.05) is 0 Å². The maximum atomic E-state index is 10.2. The Morgan fingerprint density at radius 2 is 2.13 bits per heavy atom. The lowest BCUT2D eigenvalue weighted by Gasteiger charge is -2.45. The van der Waals surface area contributed by atoms with Crippen LogP contribution in [-0.2, 0) is 4.79 Å². The predicted molar refractivity (Wildman–Crippen MR) is 62.4 cm³/mol. The first-order valence-electron chi connectivity index (χ1n) is 5.57. The summed E-state index contributed by atoms with van der Waals surface area (Å²) in [5, 5.41) is 0. The summed E-state index contributed by atoms with van der Waals surface area (Å²) in [7, 11) is 0. The molecule has 0 aliphatic heterocycles. The second kappa shape index (κ2) is 4.32. The van der Waals surface area contributed by atoms with Crippen LogP contribution in [0.25, 0.3) is 0 Å². The van der Waals surface area contributed by atoms with Crippen molar-refractivity contribution < 1.29 is 4.79 Å². The fourth-order valence-electron chi connectivity index (χ4n) is 3.22. The molecule has 0 heterocycles. The number of aliphatic imine (C=N–C) groups is 1. The molecule has 1 saturated carbocycles. The van der Waals surface area contributed by atoms with Crippen molar-refractivity contribution in [3.63, 3.8) is 0 Å². The van der Waals surface area contributed by atoms with Crippen molar-refractivity contribution in [2.24, 2.45) is 21.7 Å². The van der Waals surface area contributed by atoms with Crippen LogP contribution < -0.4 is 0 Å². The number of carbonyl (C=O) groups excluding carboxylic acids is 1. The van der Waals surface area contributed by atoms with E-state index >= 15 is 0 Å². The Bertz CT molecular complexity index is 289. The molecule has 0 saturated heterocycles. The minimum absolute atomic E-state index is 0.137. The normalized spacial score (nSPS) is 34.2. The summed E-state index contributed by atoms with van der Waals surface area (Å²) < 4.78 is 0. The van der Waals surface area contributed by atoms with E-state index in [4.69, 9.17) is 0 Å². The number of hydrogen-bond donors (Lipinski definition) is 0. The molecule has 0 amide bonds. The van der Waals surface area contributed by atoms with E-state index in [0.717, 1.165) is 12.8 Å². The Morgan fingerprint density at radius 1 is 1.47 bits per heavy atom. The highest BCUT2D eigenvalue weighted by molar-refractivity contribution is 5.33. The third-order valence-corrected chi connectivity index (χ3v) is 3.33. The molecule has 1 aliphatic rings. The van der Waals surface area contributed by atoms with Gasteiger partial charge in [-0.2, -0.15) is 0 Å². The van der Waals surface area contributed by atoms with Gasteiger partial charge in [0.05, 0.1) is 6.54 Å². The molecule has 0 bridgehead atoms. The third kappa shape index (κ3) is 3.32. The van der Waals surface area contributed by atoms with Gasteiger partial charge < -0.3 is 0 Å².